The summed E-state index contributed by atoms with van der Waals surface area (Å²) in [4.78, 5) is 0. The number of rotatable bonds is 4. The van der Waals surface area contributed by atoms with Crippen molar-refractivity contribution < 1.29 is 9.31 Å². The molecule has 1 heterocycles. The summed E-state index contributed by atoms with van der Waals surface area (Å²) in [6.07, 6.45) is 1.19. The fourth-order valence-corrected chi connectivity index (χ4v) is 2.67. The second-order valence-corrected chi connectivity index (χ2v) is 6.89. The van der Waals surface area contributed by atoms with Gasteiger partial charge in [-0.1, -0.05) is 29.8 Å². The van der Waals surface area contributed by atoms with Crippen molar-refractivity contribution in [3.05, 3.63) is 35.4 Å². The molecule has 1 atom stereocenters. The van der Waals surface area contributed by atoms with Crippen LogP contribution in [-0.4, -0.2) is 18.3 Å². The molecule has 112 valence electrons. The molecule has 0 saturated carbocycles. The van der Waals surface area contributed by atoms with Gasteiger partial charge in [0, 0.05) is 6.42 Å². The molecule has 1 aliphatic rings. The Morgan fingerprint density at radius 3 is 2.33 bits per heavy atom. The van der Waals surface area contributed by atoms with Crippen LogP contribution in [0, 0.1) is 18.3 Å². The Balaban J connectivity index is 2.14. The molecular weight excluding hydrogens is 261 g/mol. The zero-order valence-corrected chi connectivity index (χ0v) is 13.6. The summed E-state index contributed by atoms with van der Waals surface area (Å²) in [5.74, 6) is 0.143. The molecule has 0 radical (unpaired) electrons. The van der Waals surface area contributed by atoms with Gasteiger partial charge in [0.1, 0.15) is 0 Å². The van der Waals surface area contributed by atoms with Gasteiger partial charge in [0.25, 0.3) is 0 Å². The Morgan fingerprint density at radius 1 is 1.19 bits per heavy atom. The van der Waals surface area contributed by atoms with Crippen LogP contribution in [-0.2, 0) is 9.31 Å². The summed E-state index contributed by atoms with van der Waals surface area (Å²) in [5.41, 5.74) is 1.76. The van der Waals surface area contributed by atoms with E-state index in [9.17, 15) is 0 Å². The van der Waals surface area contributed by atoms with Gasteiger partial charge in [-0.05, 0) is 52.4 Å². The van der Waals surface area contributed by atoms with E-state index < -0.39 is 0 Å². The lowest BCUT2D eigenvalue weighted by atomic mass is 9.73. The highest BCUT2D eigenvalue weighted by Crippen LogP contribution is 2.40. The van der Waals surface area contributed by atoms with Crippen molar-refractivity contribution in [3.8, 4) is 6.07 Å². The zero-order valence-electron chi connectivity index (χ0n) is 13.6. The third-order valence-electron chi connectivity index (χ3n) is 4.63. The van der Waals surface area contributed by atoms with Crippen molar-refractivity contribution in [2.24, 2.45) is 0 Å². The SMILES string of the molecule is Cc1cccc(C(CC#N)CB2OC(C)(C)C(C)(C)O2)c1. The third-order valence-corrected chi connectivity index (χ3v) is 4.63. The molecule has 21 heavy (non-hydrogen) atoms. The first-order chi connectivity index (χ1) is 9.75. The maximum Gasteiger partial charge on any atom is 0.458 e. The Labute approximate surface area is 128 Å². The normalized spacial score (nSPS) is 21.0. The van der Waals surface area contributed by atoms with E-state index in [-0.39, 0.29) is 24.2 Å². The minimum atomic E-state index is -0.318. The van der Waals surface area contributed by atoms with Crippen LogP contribution in [0.15, 0.2) is 24.3 Å². The number of benzene rings is 1. The van der Waals surface area contributed by atoms with Gasteiger partial charge in [0.2, 0.25) is 0 Å². The van der Waals surface area contributed by atoms with Crippen LogP contribution in [0.3, 0.4) is 0 Å². The lowest BCUT2D eigenvalue weighted by molar-refractivity contribution is 0.00578. The van der Waals surface area contributed by atoms with Crippen molar-refractivity contribution in [1.29, 1.82) is 5.26 Å². The van der Waals surface area contributed by atoms with E-state index in [1.54, 1.807) is 0 Å². The minimum Gasteiger partial charge on any atom is -0.403 e. The van der Waals surface area contributed by atoms with Gasteiger partial charge >= 0.3 is 7.12 Å². The van der Waals surface area contributed by atoms with Gasteiger partial charge in [0.15, 0.2) is 0 Å². The van der Waals surface area contributed by atoms with E-state index in [0.29, 0.717) is 12.7 Å². The van der Waals surface area contributed by atoms with Gasteiger partial charge < -0.3 is 9.31 Å². The summed E-state index contributed by atoms with van der Waals surface area (Å²) in [5, 5.41) is 9.11. The molecule has 0 N–H and O–H groups in total. The second kappa shape index (κ2) is 5.83. The zero-order chi connectivity index (χ0) is 15.7. The molecule has 2 rings (SSSR count). The molecule has 3 nitrogen and oxygen atoms in total. The largest absolute Gasteiger partial charge is 0.458 e. The number of nitrogens with zero attached hydrogens (tertiary/aromatic N) is 1. The second-order valence-electron chi connectivity index (χ2n) is 6.89. The maximum atomic E-state index is 9.11. The first-order valence-corrected chi connectivity index (χ1v) is 7.54. The molecule has 1 unspecified atom stereocenters. The van der Waals surface area contributed by atoms with Gasteiger partial charge in [-0.3, -0.25) is 0 Å². The first-order valence-electron chi connectivity index (χ1n) is 7.54. The van der Waals surface area contributed by atoms with E-state index >= 15 is 0 Å². The molecule has 0 amide bonds. The average Bonchev–Trinajstić information content (AvgIpc) is 2.57. The van der Waals surface area contributed by atoms with Crippen LogP contribution in [0.5, 0.6) is 0 Å². The van der Waals surface area contributed by atoms with E-state index in [2.05, 4.69) is 58.9 Å². The average molecular weight is 285 g/mol. The van der Waals surface area contributed by atoms with Crippen molar-refractivity contribution in [3.63, 3.8) is 0 Å². The molecule has 1 aromatic rings. The van der Waals surface area contributed by atoms with Crippen LogP contribution >= 0.6 is 0 Å². The fourth-order valence-electron chi connectivity index (χ4n) is 2.67. The van der Waals surface area contributed by atoms with E-state index in [1.165, 1.54) is 11.1 Å². The molecule has 1 aromatic carbocycles. The molecule has 0 bridgehead atoms. The lowest BCUT2D eigenvalue weighted by Crippen LogP contribution is -2.41. The number of nitriles is 1. The van der Waals surface area contributed by atoms with Crippen LogP contribution in [0.4, 0.5) is 0 Å². The van der Waals surface area contributed by atoms with E-state index in [1.807, 2.05) is 6.07 Å². The van der Waals surface area contributed by atoms with Gasteiger partial charge in [-0.25, -0.2) is 0 Å². The Bertz CT molecular complexity index is 532. The third kappa shape index (κ3) is 3.48. The quantitative estimate of drug-likeness (QED) is 0.783. The Morgan fingerprint density at radius 2 is 1.81 bits per heavy atom. The van der Waals surface area contributed by atoms with Gasteiger partial charge in [0.05, 0.1) is 17.3 Å². The molecule has 4 heteroatoms. The predicted octanol–water partition coefficient (Wildman–Crippen LogP) is 4.08. The minimum absolute atomic E-state index is 0.143. The molecular formula is C17H24BNO2. The van der Waals surface area contributed by atoms with Crippen molar-refractivity contribution in [2.45, 2.75) is 64.5 Å². The van der Waals surface area contributed by atoms with Crippen LogP contribution in [0.2, 0.25) is 6.32 Å². The standard InChI is InChI=1S/C17H24BNO2/c1-13-7-6-8-14(11-13)15(9-10-19)12-18-20-16(2,3)17(4,5)21-18/h6-8,11,15H,9,12H2,1-5H3. The molecule has 1 aliphatic heterocycles. The maximum absolute atomic E-state index is 9.11. The molecule has 0 aromatic heterocycles. The smallest absolute Gasteiger partial charge is 0.403 e. The van der Waals surface area contributed by atoms with Crippen molar-refractivity contribution >= 4 is 7.12 Å². The van der Waals surface area contributed by atoms with Crippen LogP contribution in [0.1, 0.15) is 51.2 Å². The summed E-state index contributed by atoms with van der Waals surface area (Å²) in [7, 11) is -0.256. The van der Waals surface area contributed by atoms with E-state index in [4.69, 9.17) is 14.6 Å². The summed E-state index contributed by atoms with van der Waals surface area (Å²) >= 11 is 0. The van der Waals surface area contributed by atoms with E-state index in [0.717, 1.165) is 0 Å². The molecule has 0 spiro atoms. The Kier molecular flexibility index (Phi) is 4.46. The summed E-state index contributed by atoms with van der Waals surface area (Å²) in [6, 6.07) is 10.6. The number of hydrogen-bond donors (Lipinski definition) is 0. The number of aryl methyl sites for hydroxylation is 1. The van der Waals surface area contributed by atoms with Crippen molar-refractivity contribution in [1.82, 2.24) is 0 Å². The molecule has 0 aliphatic carbocycles. The predicted molar refractivity (Wildman–Crippen MR) is 85.0 cm³/mol. The van der Waals surface area contributed by atoms with Crippen LogP contribution in [0.25, 0.3) is 0 Å². The topological polar surface area (TPSA) is 42.2 Å². The monoisotopic (exact) mass is 285 g/mol. The van der Waals surface area contributed by atoms with Gasteiger partial charge in [-0.2, -0.15) is 5.26 Å². The highest BCUT2D eigenvalue weighted by Gasteiger charge is 2.51. The lowest BCUT2D eigenvalue weighted by Gasteiger charge is -2.32. The molecule has 1 fully saturated rings. The Hall–Kier alpha value is -1.31. The highest BCUT2D eigenvalue weighted by molar-refractivity contribution is 6.45. The summed E-state index contributed by atoms with van der Waals surface area (Å²) < 4.78 is 12.1. The van der Waals surface area contributed by atoms with Crippen LogP contribution < -0.4 is 0 Å². The summed E-state index contributed by atoms with van der Waals surface area (Å²) in [6.45, 7) is 10.3. The van der Waals surface area contributed by atoms with Gasteiger partial charge in [-0.15, -0.1) is 0 Å². The fraction of sp³-hybridized carbons (Fsp3) is 0.588. The number of hydrogen-bond acceptors (Lipinski definition) is 3. The highest BCUT2D eigenvalue weighted by atomic mass is 16.7. The molecule has 1 saturated heterocycles. The first kappa shape index (κ1) is 16.1. The van der Waals surface area contributed by atoms with Crippen molar-refractivity contribution in [2.75, 3.05) is 0 Å².